The molecule has 0 bridgehead atoms. The van der Waals surface area contributed by atoms with Crippen LogP contribution in [0.2, 0.25) is 0 Å². The van der Waals surface area contributed by atoms with Crippen LogP contribution in [0.1, 0.15) is 16.7 Å². The van der Waals surface area contributed by atoms with Gasteiger partial charge in [0.25, 0.3) is 0 Å². The molecule has 0 spiro atoms. The second-order valence-electron chi connectivity index (χ2n) is 6.45. The summed E-state index contributed by atoms with van der Waals surface area (Å²) in [5.41, 5.74) is -1.25. The molecule has 0 radical (unpaired) electrons. The molecule has 0 fully saturated rings. The summed E-state index contributed by atoms with van der Waals surface area (Å²) in [5.74, 6) is -1.25. The number of carbonyl (C=O) groups is 1. The van der Waals surface area contributed by atoms with Gasteiger partial charge in [-0.25, -0.2) is 0 Å². The van der Waals surface area contributed by atoms with Gasteiger partial charge in [0.05, 0.1) is 23.2 Å². The Kier molecular flexibility index (Phi) is 5.56. The van der Waals surface area contributed by atoms with Crippen molar-refractivity contribution in [2.45, 2.75) is 18.8 Å². The number of rotatable bonds is 4. The number of nitrogens with zero attached hydrogens (tertiary/aromatic N) is 1. The minimum absolute atomic E-state index is 0.0769. The molecule has 0 saturated heterocycles. The molecule has 9 heteroatoms. The maximum Gasteiger partial charge on any atom is 0.416 e. The van der Waals surface area contributed by atoms with E-state index in [0.717, 1.165) is 24.3 Å². The summed E-state index contributed by atoms with van der Waals surface area (Å²) in [5, 5.41) is 9.19. The van der Waals surface area contributed by atoms with E-state index in [1.54, 1.807) is 0 Å². The third-order valence-electron chi connectivity index (χ3n) is 4.32. The molecular weight excluding hydrogens is 412 g/mol. The van der Waals surface area contributed by atoms with Gasteiger partial charge in [0.15, 0.2) is 0 Å². The van der Waals surface area contributed by atoms with Crippen LogP contribution in [0.5, 0.6) is 0 Å². The fourth-order valence-electron chi connectivity index (χ4n) is 2.94. The van der Waals surface area contributed by atoms with E-state index in [2.05, 4.69) is 4.98 Å². The zero-order valence-corrected chi connectivity index (χ0v) is 15.1. The van der Waals surface area contributed by atoms with Crippen LogP contribution in [0.3, 0.4) is 0 Å². The van der Waals surface area contributed by atoms with Gasteiger partial charge in [-0.3, -0.25) is 9.78 Å². The summed E-state index contributed by atoms with van der Waals surface area (Å²) in [4.78, 5) is 15.3. The Hall–Kier alpha value is -3.36. The Bertz CT molecular complexity index is 1090. The highest BCUT2D eigenvalue weighted by molar-refractivity contribution is 5.78. The fourth-order valence-corrected chi connectivity index (χ4v) is 2.94. The normalized spacial score (nSPS) is 12.1. The van der Waals surface area contributed by atoms with Crippen molar-refractivity contribution in [3.63, 3.8) is 0 Å². The lowest BCUT2D eigenvalue weighted by molar-refractivity contribution is -0.138. The van der Waals surface area contributed by atoms with Gasteiger partial charge in [-0.05, 0) is 41.5 Å². The van der Waals surface area contributed by atoms with Crippen molar-refractivity contribution in [2.24, 2.45) is 0 Å². The third kappa shape index (κ3) is 4.79. The molecular formula is C21H13F6NO2. The molecule has 0 aliphatic carbocycles. The fraction of sp³-hybridized carbons (Fsp3) is 0.143. The molecule has 0 aliphatic heterocycles. The number of pyridine rings is 1. The Morgan fingerprint density at radius 1 is 0.833 bits per heavy atom. The largest absolute Gasteiger partial charge is 0.481 e. The van der Waals surface area contributed by atoms with Crippen molar-refractivity contribution in [3.05, 3.63) is 77.5 Å². The van der Waals surface area contributed by atoms with Crippen LogP contribution in [0.15, 0.2) is 60.8 Å². The Morgan fingerprint density at radius 2 is 1.37 bits per heavy atom. The van der Waals surface area contributed by atoms with Crippen molar-refractivity contribution in [3.8, 4) is 22.4 Å². The van der Waals surface area contributed by atoms with Crippen LogP contribution in [0, 0.1) is 0 Å². The first-order chi connectivity index (χ1) is 13.9. The molecule has 156 valence electrons. The zero-order chi connectivity index (χ0) is 22.1. The number of carboxylic acid groups (broad SMARTS) is 1. The molecule has 1 heterocycles. The summed E-state index contributed by atoms with van der Waals surface area (Å²) < 4.78 is 77.9. The zero-order valence-electron chi connectivity index (χ0n) is 15.1. The maximum atomic E-state index is 13.0. The van der Waals surface area contributed by atoms with E-state index in [4.69, 9.17) is 0 Å². The molecule has 0 amide bonds. The number of alkyl halides is 6. The summed E-state index contributed by atoms with van der Waals surface area (Å²) in [6.45, 7) is 0. The predicted molar refractivity (Wildman–Crippen MR) is 96.5 cm³/mol. The molecule has 3 nitrogen and oxygen atoms in total. The highest BCUT2D eigenvalue weighted by Gasteiger charge is 2.31. The minimum atomic E-state index is -4.59. The number of benzene rings is 2. The molecule has 30 heavy (non-hydrogen) atoms. The molecule has 1 aromatic heterocycles. The van der Waals surface area contributed by atoms with Gasteiger partial charge in [-0.1, -0.05) is 24.3 Å². The van der Waals surface area contributed by atoms with Crippen LogP contribution >= 0.6 is 0 Å². The Labute approximate surface area is 166 Å². The van der Waals surface area contributed by atoms with Crippen LogP contribution < -0.4 is 0 Å². The second kappa shape index (κ2) is 7.81. The monoisotopic (exact) mass is 425 g/mol. The van der Waals surface area contributed by atoms with Crippen LogP contribution in [0.25, 0.3) is 22.4 Å². The Balaban J connectivity index is 2.11. The molecule has 3 aromatic rings. The average Bonchev–Trinajstić information content (AvgIpc) is 2.66. The first-order valence-electron chi connectivity index (χ1n) is 8.51. The van der Waals surface area contributed by atoms with Gasteiger partial charge in [-0.15, -0.1) is 0 Å². The van der Waals surface area contributed by atoms with Crippen molar-refractivity contribution in [2.75, 3.05) is 0 Å². The van der Waals surface area contributed by atoms with Crippen LogP contribution in [-0.2, 0) is 23.6 Å². The molecule has 2 aromatic carbocycles. The smallest absolute Gasteiger partial charge is 0.416 e. The number of carboxylic acids is 1. The summed E-state index contributed by atoms with van der Waals surface area (Å²) in [7, 11) is 0. The van der Waals surface area contributed by atoms with Crippen molar-refractivity contribution in [1.29, 1.82) is 0 Å². The number of aromatic nitrogens is 1. The van der Waals surface area contributed by atoms with Gasteiger partial charge in [0.1, 0.15) is 0 Å². The van der Waals surface area contributed by atoms with Crippen LogP contribution in [-0.4, -0.2) is 16.1 Å². The van der Waals surface area contributed by atoms with E-state index < -0.39 is 35.9 Å². The SMILES string of the molecule is O=C(O)Cc1cc(-c2cccc(C(F)(F)F)c2)ncc1-c1cccc(C(F)(F)F)c1. The first kappa shape index (κ1) is 21.4. The summed E-state index contributed by atoms with van der Waals surface area (Å²) in [6, 6.07) is 9.92. The van der Waals surface area contributed by atoms with Crippen molar-refractivity contribution in [1.82, 2.24) is 4.98 Å². The van der Waals surface area contributed by atoms with E-state index >= 15 is 0 Å². The van der Waals surface area contributed by atoms with Crippen molar-refractivity contribution >= 4 is 5.97 Å². The predicted octanol–water partition coefficient (Wildman–Crippen LogP) is 6.08. The number of halogens is 6. The highest BCUT2D eigenvalue weighted by atomic mass is 19.4. The average molecular weight is 425 g/mol. The highest BCUT2D eigenvalue weighted by Crippen LogP contribution is 2.35. The van der Waals surface area contributed by atoms with E-state index in [1.807, 2.05) is 0 Å². The van der Waals surface area contributed by atoms with Gasteiger partial charge in [-0.2, -0.15) is 26.3 Å². The standard InChI is InChI=1S/C21H13F6NO2/c22-20(23,24)15-5-1-3-12(7-15)17-11-28-18(9-14(17)10-19(29)30)13-4-2-6-16(8-13)21(25,26)27/h1-9,11H,10H2,(H,29,30). The first-order valence-corrected chi connectivity index (χ1v) is 8.51. The Morgan fingerprint density at radius 3 is 1.90 bits per heavy atom. The van der Waals surface area contributed by atoms with Crippen LogP contribution in [0.4, 0.5) is 26.3 Å². The minimum Gasteiger partial charge on any atom is -0.481 e. The van der Waals surface area contributed by atoms with Crippen molar-refractivity contribution < 1.29 is 36.2 Å². The molecule has 0 aliphatic rings. The molecule has 3 rings (SSSR count). The van der Waals surface area contributed by atoms with Gasteiger partial charge >= 0.3 is 18.3 Å². The van der Waals surface area contributed by atoms with Gasteiger partial charge in [0.2, 0.25) is 0 Å². The quantitative estimate of drug-likeness (QED) is 0.516. The summed E-state index contributed by atoms with van der Waals surface area (Å²) in [6.07, 6.45) is -8.53. The lowest BCUT2D eigenvalue weighted by Gasteiger charge is -2.13. The lowest BCUT2D eigenvalue weighted by Crippen LogP contribution is -2.06. The molecule has 0 atom stereocenters. The molecule has 0 unspecified atom stereocenters. The van der Waals surface area contributed by atoms with E-state index in [-0.39, 0.29) is 27.9 Å². The molecule has 1 N–H and O–H groups in total. The number of hydrogen-bond donors (Lipinski definition) is 1. The molecule has 0 saturated carbocycles. The maximum absolute atomic E-state index is 13.0. The number of aliphatic carboxylic acids is 1. The third-order valence-corrected chi connectivity index (χ3v) is 4.32. The summed E-state index contributed by atoms with van der Waals surface area (Å²) >= 11 is 0. The van der Waals surface area contributed by atoms with E-state index in [1.165, 1.54) is 36.5 Å². The second-order valence-corrected chi connectivity index (χ2v) is 6.45. The van der Waals surface area contributed by atoms with Gasteiger partial charge in [0, 0.05) is 17.3 Å². The van der Waals surface area contributed by atoms with E-state index in [9.17, 15) is 36.2 Å². The topological polar surface area (TPSA) is 50.2 Å². The van der Waals surface area contributed by atoms with E-state index in [0.29, 0.717) is 0 Å². The lowest BCUT2D eigenvalue weighted by atomic mass is 9.96. The number of hydrogen-bond acceptors (Lipinski definition) is 2. The van der Waals surface area contributed by atoms with Gasteiger partial charge < -0.3 is 5.11 Å².